The molecule has 23 heavy (non-hydrogen) atoms. The first-order chi connectivity index (χ1) is 10.9. The van der Waals surface area contributed by atoms with Gasteiger partial charge in [-0.25, -0.2) is 0 Å². The molecule has 0 saturated carbocycles. The highest BCUT2D eigenvalue weighted by atomic mass is 16.5. The molecule has 0 radical (unpaired) electrons. The quantitative estimate of drug-likeness (QED) is 0.831. The van der Waals surface area contributed by atoms with Crippen LogP contribution in [0.2, 0.25) is 0 Å². The second-order valence-corrected chi connectivity index (χ2v) is 5.50. The largest absolute Gasteiger partial charge is 0.496 e. The Labute approximate surface area is 135 Å². The van der Waals surface area contributed by atoms with Crippen molar-refractivity contribution in [2.75, 3.05) is 7.11 Å². The molecule has 5 nitrogen and oxygen atoms in total. The number of aryl methyl sites for hydroxylation is 1. The number of ketones is 1. The van der Waals surface area contributed by atoms with Crippen molar-refractivity contribution in [3.63, 3.8) is 0 Å². The van der Waals surface area contributed by atoms with Gasteiger partial charge in [-0.15, -0.1) is 0 Å². The second-order valence-electron chi connectivity index (χ2n) is 5.50. The topological polar surface area (TPSA) is 68.5 Å². The Balaban J connectivity index is 2.10. The van der Waals surface area contributed by atoms with E-state index < -0.39 is 0 Å². The van der Waals surface area contributed by atoms with Crippen LogP contribution >= 0.6 is 0 Å². The number of Topliss-reactive ketones (excluding diaryl/α,β-unsaturated/α-hetero) is 1. The SMILES string of the molecule is COc1ccc(C(C)=O)cc1CC(=O)NC(C)c1ccc(C)o1. The van der Waals surface area contributed by atoms with Crippen LogP contribution in [0, 0.1) is 6.92 Å². The summed E-state index contributed by atoms with van der Waals surface area (Å²) in [7, 11) is 1.54. The van der Waals surface area contributed by atoms with Gasteiger partial charge in [0.15, 0.2) is 5.78 Å². The van der Waals surface area contributed by atoms with Crippen LogP contribution in [-0.4, -0.2) is 18.8 Å². The van der Waals surface area contributed by atoms with Gasteiger partial charge in [0.2, 0.25) is 5.91 Å². The average molecular weight is 315 g/mol. The fourth-order valence-corrected chi connectivity index (χ4v) is 2.36. The molecule has 122 valence electrons. The second kappa shape index (κ2) is 7.13. The number of hydrogen-bond acceptors (Lipinski definition) is 4. The van der Waals surface area contributed by atoms with Gasteiger partial charge in [0.25, 0.3) is 0 Å². The van der Waals surface area contributed by atoms with Gasteiger partial charge in [0.1, 0.15) is 17.3 Å². The number of hydrogen-bond donors (Lipinski definition) is 1. The van der Waals surface area contributed by atoms with Gasteiger partial charge in [-0.3, -0.25) is 9.59 Å². The summed E-state index contributed by atoms with van der Waals surface area (Å²) in [6.07, 6.45) is 0.133. The van der Waals surface area contributed by atoms with E-state index in [1.807, 2.05) is 26.0 Å². The number of furan rings is 1. The van der Waals surface area contributed by atoms with Gasteiger partial charge in [-0.1, -0.05) is 0 Å². The van der Waals surface area contributed by atoms with Crippen LogP contribution in [0.5, 0.6) is 5.75 Å². The van der Waals surface area contributed by atoms with Gasteiger partial charge in [0, 0.05) is 11.1 Å². The van der Waals surface area contributed by atoms with E-state index in [4.69, 9.17) is 9.15 Å². The first-order valence-corrected chi connectivity index (χ1v) is 7.44. The number of amides is 1. The Hall–Kier alpha value is -2.56. The lowest BCUT2D eigenvalue weighted by molar-refractivity contribution is -0.121. The summed E-state index contributed by atoms with van der Waals surface area (Å²) in [6, 6.07) is 8.57. The van der Waals surface area contributed by atoms with Crippen LogP contribution < -0.4 is 10.1 Å². The van der Waals surface area contributed by atoms with E-state index in [1.165, 1.54) is 6.92 Å². The van der Waals surface area contributed by atoms with Crippen LogP contribution in [0.25, 0.3) is 0 Å². The number of benzene rings is 1. The third kappa shape index (κ3) is 4.22. The predicted molar refractivity (Wildman–Crippen MR) is 86.7 cm³/mol. The van der Waals surface area contributed by atoms with E-state index in [0.717, 1.165) is 5.76 Å². The molecule has 0 aliphatic heterocycles. The molecule has 1 unspecified atom stereocenters. The molecule has 1 N–H and O–H groups in total. The lowest BCUT2D eigenvalue weighted by Gasteiger charge is -2.13. The van der Waals surface area contributed by atoms with E-state index in [9.17, 15) is 9.59 Å². The Morgan fingerprint density at radius 3 is 2.57 bits per heavy atom. The van der Waals surface area contributed by atoms with E-state index in [-0.39, 0.29) is 24.2 Å². The summed E-state index contributed by atoms with van der Waals surface area (Å²) in [6.45, 7) is 5.21. The molecule has 0 saturated heterocycles. The maximum Gasteiger partial charge on any atom is 0.225 e. The van der Waals surface area contributed by atoms with Crippen molar-refractivity contribution in [2.45, 2.75) is 33.2 Å². The molecule has 0 spiro atoms. The van der Waals surface area contributed by atoms with Crippen molar-refractivity contribution >= 4 is 11.7 Å². The lowest BCUT2D eigenvalue weighted by atomic mass is 10.0. The summed E-state index contributed by atoms with van der Waals surface area (Å²) >= 11 is 0. The van der Waals surface area contributed by atoms with E-state index in [0.29, 0.717) is 22.6 Å². The zero-order valence-electron chi connectivity index (χ0n) is 13.8. The number of nitrogens with one attached hydrogen (secondary N) is 1. The Kier molecular flexibility index (Phi) is 5.21. The summed E-state index contributed by atoms with van der Waals surface area (Å²) in [5, 5.41) is 2.88. The molecule has 1 amide bonds. The maximum absolute atomic E-state index is 12.3. The smallest absolute Gasteiger partial charge is 0.225 e. The number of rotatable bonds is 6. The van der Waals surface area contributed by atoms with Crippen molar-refractivity contribution in [3.05, 3.63) is 53.0 Å². The molecule has 2 rings (SSSR count). The van der Waals surface area contributed by atoms with E-state index in [1.54, 1.807) is 25.3 Å². The predicted octanol–water partition coefficient (Wildman–Crippen LogP) is 3.22. The number of ether oxygens (including phenoxy) is 1. The third-order valence-electron chi connectivity index (χ3n) is 3.60. The van der Waals surface area contributed by atoms with Gasteiger partial charge < -0.3 is 14.5 Å². The van der Waals surface area contributed by atoms with Gasteiger partial charge in [-0.05, 0) is 51.1 Å². The van der Waals surface area contributed by atoms with Crippen LogP contribution in [0.1, 0.15) is 47.3 Å². The molecule has 0 aliphatic rings. The highest BCUT2D eigenvalue weighted by Crippen LogP contribution is 2.22. The number of carbonyl (C=O) groups is 2. The molecule has 1 aromatic heterocycles. The fourth-order valence-electron chi connectivity index (χ4n) is 2.36. The monoisotopic (exact) mass is 315 g/mol. The molecule has 0 aliphatic carbocycles. The number of carbonyl (C=O) groups excluding carboxylic acids is 2. The zero-order chi connectivity index (χ0) is 17.0. The van der Waals surface area contributed by atoms with E-state index in [2.05, 4.69) is 5.32 Å². The summed E-state index contributed by atoms with van der Waals surface area (Å²) in [4.78, 5) is 23.8. The summed E-state index contributed by atoms with van der Waals surface area (Å²) in [5.74, 6) is 1.89. The molecular weight excluding hydrogens is 294 g/mol. The normalized spacial score (nSPS) is 11.8. The summed E-state index contributed by atoms with van der Waals surface area (Å²) < 4.78 is 10.8. The molecule has 1 heterocycles. The van der Waals surface area contributed by atoms with Crippen molar-refractivity contribution in [2.24, 2.45) is 0 Å². The standard InChI is InChI=1S/C18H21NO4/c1-11-5-7-16(23-11)12(2)19-18(21)10-15-9-14(13(3)20)6-8-17(15)22-4/h5-9,12H,10H2,1-4H3,(H,19,21). The third-order valence-corrected chi connectivity index (χ3v) is 3.60. The minimum atomic E-state index is -0.224. The van der Waals surface area contributed by atoms with Crippen LogP contribution in [0.15, 0.2) is 34.7 Å². The fraction of sp³-hybridized carbons (Fsp3) is 0.333. The zero-order valence-corrected chi connectivity index (χ0v) is 13.8. The van der Waals surface area contributed by atoms with Gasteiger partial charge in [-0.2, -0.15) is 0 Å². The molecule has 0 bridgehead atoms. The van der Waals surface area contributed by atoms with Crippen molar-refractivity contribution in [1.29, 1.82) is 0 Å². The van der Waals surface area contributed by atoms with Gasteiger partial charge in [0.05, 0.1) is 19.6 Å². The van der Waals surface area contributed by atoms with Crippen molar-refractivity contribution in [3.8, 4) is 5.75 Å². The Morgan fingerprint density at radius 2 is 2.00 bits per heavy atom. The van der Waals surface area contributed by atoms with Crippen molar-refractivity contribution in [1.82, 2.24) is 5.32 Å². The number of methoxy groups -OCH3 is 1. The van der Waals surface area contributed by atoms with Crippen molar-refractivity contribution < 1.29 is 18.7 Å². The first kappa shape index (κ1) is 16.8. The minimum Gasteiger partial charge on any atom is -0.496 e. The highest BCUT2D eigenvalue weighted by molar-refractivity contribution is 5.94. The Bertz CT molecular complexity index is 718. The maximum atomic E-state index is 12.3. The lowest BCUT2D eigenvalue weighted by Crippen LogP contribution is -2.28. The Morgan fingerprint density at radius 1 is 1.26 bits per heavy atom. The molecule has 1 atom stereocenters. The first-order valence-electron chi connectivity index (χ1n) is 7.44. The van der Waals surface area contributed by atoms with Gasteiger partial charge >= 0.3 is 0 Å². The molecule has 1 aromatic carbocycles. The molecule has 2 aromatic rings. The minimum absolute atomic E-state index is 0.0475. The molecule has 5 heteroatoms. The average Bonchev–Trinajstić information content (AvgIpc) is 2.93. The molecular formula is C18H21NO4. The van der Waals surface area contributed by atoms with E-state index >= 15 is 0 Å². The van der Waals surface area contributed by atoms with Crippen LogP contribution in [0.4, 0.5) is 0 Å². The molecule has 0 fully saturated rings. The summed E-state index contributed by atoms with van der Waals surface area (Å²) in [5.41, 5.74) is 1.24. The highest BCUT2D eigenvalue weighted by Gasteiger charge is 2.15. The van der Waals surface area contributed by atoms with Crippen LogP contribution in [0.3, 0.4) is 0 Å². The van der Waals surface area contributed by atoms with Crippen LogP contribution in [-0.2, 0) is 11.2 Å².